The van der Waals surface area contributed by atoms with E-state index in [9.17, 15) is 13.8 Å². The van der Waals surface area contributed by atoms with E-state index in [1.807, 2.05) is 30.0 Å². The zero-order chi connectivity index (χ0) is 39.7. The highest BCUT2D eigenvalue weighted by Crippen LogP contribution is 2.47. The highest BCUT2D eigenvalue weighted by molar-refractivity contribution is 7.92. The topological polar surface area (TPSA) is 145 Å². The third-order valence-corrected chi connectivity index (χ3v) is 14.5. The van der Waals surface area contributed by atoms with Gasteiger partial charge in [-0.15, -0.1) is 4.36 Å². The molecule has 304 valence electrons. The molecule has 15 heteroatoms. The van der Waals surface area contributed by atoms with Crippen LogP contribution in [-0.4, -0.2) is 98.1 Å². The van der Waals surface area contributed by atoms with Crippen LogP contribution in [0.1, 0.15) is 70.9 Å². The predicted octanol–water partition coefficient (Wildman–Crippen LogP) is 6.04. The van der Waals surface area contributed by atoms with E-state index in [0.29, 0.717) is 69.4 Å². The van der Waals surface area contributed by atoms with Gasteiger partial charge < -0.3 is 28.7 Å². The lowest BCUT2D eigenvalue weighted by Crippen LogP contribution is -2.49. The van der Waals surface area contributed by atoms with E-state index in [0.717, 1.165) is 49.4 Å². The summed E-state index contributed by atoms with van der Waals surface area (Å²) in [5.41, 5.74) is 3.26. The lowest BCUT2D eigenvalue weighted by atomic mass is 9.68. The van der Waals surface area contributed by atoms with E-state index in [1.54, 1.807) is 13.2 Å². The summed E-state index contributed by atoms with van der Waals surface area (Å²) in [6, 6.07) is 11.5. The molecule has 8 rings (SSSR count). The third kappa shape index (κ3) is 8.23. The van der Waals surface area contributed by atoms with Crippen molar-refractivity contribution in [1.82, 2.24) is 14.7 Å². The number of ether oxygens (including phenoxy) is 4. The normalized spacial score (nSPS) is 29.4. The Morgan fingerprint density at radius 1 is 1.11 bits per heavy atom. The van der Waals surface area contributed by atoms with Gasteiger partial charge in [-0.05, 0) is 97.7 Å². The van der Waals surface area contributed by atoms with Crippen LogP contribution in [0.4, 0.5) is 11.6 Å². The van der Waals surface area contributed by atoms with Gasteiger partial charge in [0.2, 0.25) is 11.8 Å². The van der Waals surface area contributed by atoms with Crippen LogP contribution in [-0.2, 0) is 31.2 Å². The molecular formula is C42H51ClN6O7S. The van der Waals surface area contributed by atoms with Crippen molar-refractivity contribution in [2.75, 3.05) is 75.8 Å². The number of benzene rings is 2. The van der Waals surface area contributed by atoms with Gasteiger partial charge in [0.1, 0.15) is 21.2 Å². The molecule has 57 heavy (non-hydrogen) atoms. The van der Waals surface area contributed by atoms with Crippen LogP contribution in [0.15, 0.2) is 59.1 Å². The first kappa shape index (κ1) is 39.6. The first-order valence-corrected chi connectivity index (χ1v) is 22.0. The number of rotatable bonds is 5. The fourth-order valence-electron chi connectivity index (χ4n) is 9.15. The average molecular weight is 819 g/mol. The molecule has 2 bridgehead atoms. The number of aromatic nitrogens is 2. The number of nitrogens with one attached hydrogen (secondary N) is 1. The number of nitrogens with zero attached hydrogens (tertiary/aromatic N) is 5. The molecule has 1 spiro atoms. The maximum absolute atomic E-state index is 14.8. The molecular weight excluding hydrogens is 768 g/mol. The van der Waals surface area contributed by atoms with E-state index >= 15 is 0 Å². The lowest BCUT2D eigenvalue weighted by molar-refractivity contribution is 0.0131. The molecule has 13 nitrogen and oxygen atoms in total. The van der Waals surface area contributed by atoms with Crippen molar-refractivity contribution in [3.8, 4) is 11.6 Å². The molecule has 1 saturated heterocycles. The molecule has 3 aromatic rings. The molecule has 2 amide bonds. The predicted molar refractivity (Wildman–Crippen MR) is 219 cm³/mol. The number of allylic oxidation sites excluding steroid dienone is 1. The third-order valence-electron chi connectivity index (χ3n) is 12.2. The van der Waals surface area contributed by atoms with Crippen molar-refractivity contribution in [3.05, 3.63) is 82.0 Å². The van der Waals surface area contributed by atoms with E-state index in [-0.39, 0.29) is 40.2 Å². The van der Waals surface area contributed by atoms with Crippen LogP contribution < -0.4 is 24.0 Å². The molecule has 1 aromatic heterocycles. The number of fused-ring (bicyclic) bond motifs is 4. The minimum atomic E-state index is -3.68. The average Bonchev–Trinajstić information content (AvgIpc) is 3.35. The number of carbonyl (C=O) groups excluding carboxylic acids is 2. The molecule has 1 saturated carbocycles. The first-order chi connectivity index (χ1) is 27.6. The SMILES string of the molecule is COc1nc(N2CCOCC2)ncc1C(=O)N[S@@]1(=O)=NC(=O)c2ccc3c(c2)N(C[C@@H]2CC[C@H]2[C@@H](OC)/C=C/C[C@H](C)C1)C[C@@]1(CCCc2cc(Cl)ccc21)CO3. The Morgan fingerprint density at radius 3 is 2.72 bits per heavy atom. The Morgan fingerprint density at radius 2 is 1.95 bits per heavy atom. The molecule has 0 unspecified atom stereocenters. The Kier molecular flexibility index (Phi) is 11.5. The number of aryl methyl sites for hydroxylation is 1. The number of morpholine rings is 1. The Labute approximate surface area is 339 Å². The van der Waals surface area contributed by atoms with Crippen LogP contribution in [0.5, 0.6) is 11.6 Å². The second-order valence-electron chi connectivity index (χ2n) is 16.1. The van der Waals surface area contributed by atoms with Crippen LogP contribution in [0.3, 0.4) is 0 Å². The second-order valence-corrected chi connectivity index (χ2v) is 18.5. The van der Waals surface area contributed by atoms with Crippen LogP contribution in [0.25, 0.3) is 0 Å². The number of amides is 2. The van der Waals surface area contributed by atoms with Gasteiger partial charge in [0.15, 0.2) is 0 Å². The van der Waals surface area contributed by atoms with E-state index in [1.165, 1.54) is 24.4 Å². The van der Waals surface area contributed by atoms with E-state index < -0.39 is 21.7 Å². The Hall–Kier alpha value is -4.24. The molecule has 3 aliphatic heterocycles. The van der Waals surface area contributed by atoms with Gasteiger partial charge in [-0.1, -0.05) is 36.7 Å². The van der Waals surface area contributed by atoms with E-state index in [2.05, 4.69) is 48.2 Å². The molecule has 0 radical (unpaired) electrons. The zero-order valence-corrected chi connectivity index (χ0v) is 34.4. The highest BCUT2D eigenvalue weighted by atomic mass is 35.5. The summed E-state index contributed by atoms with van der Waals surface area (Å²) in [7, 11) is -0.516. The number of hydrogen-bond acceptors (Lipinski definition) is 11. The Balaban J connectivity index is 1.16. The smallest absolute Gasteiger partial charge is 0.286 e. The number of methoxy groups -OCH3 is 2. The summed E-state index contributed by atoms with van der Waals surface area (Å²) in [4.78, 5) is 41.3. The van der Waals surface area contributed by atoms with Crippen molar-refractivity contribution in [3.63, 3.8) is 0 Å². The molecule has 6 atom stereocenters. The monoisotopic (exact) mass is 818 g/mol. The number of halogens is 1. The molecule has 2 fully saturated rings. The van der Waals surface area contributed by atoms with E-state index in [4.69, 9.17) is 30.5 Å². The summed E-state index contributed by atoms with van der Waals surface area (Å²) < 4.78 is 45.5. The first-order valence-electron chi connectivity index (χ1n) is 19.9. The highest BCUT2D eigenvalue weighted by Gasteiger charge is 2.44. The van der Waals surface area contributed by atoms with Crippen LogP contribution in [0, 0.1) is 17.8 Å². The molecule has 4 heterocycles. The quantitative estimate of drug-likeness (QED) is 0.301. The molecule has 2 aromatic carbocycles. The van der Waals surface area contributed by atoms with Gasteiger partial charge in [0, 0.05) is 55.5 Å². The number of carbonyl (C=O) groups is 2. The summed E-state index contributed by atoms with van der Waals surface area (Å²) in [5.74, 6) is 0.0444. The number of anilines is 2. The molecule has 2 aliphatic carbocycles. The number of hydrogen-bond donors (Lipinski definition) is 1. The van der Waals surface area contributed by atoms with Gasteiger partial charge in [0.25, 0.3) is 11.8 Å². The standard InChI is InChI=1S/C42H51ClN6O7S/c1-27-6-4-8-36(53-2)32-12-9-30(32)23-49-25-42(15-5-7-28-20-31(43)11-13-34(28)42)26-56-37-14-10-29(21-35(37)49)38(50)46-57(52,24-27)47-39(51)33-22-44-41(45-40(33)54-3)48-16-18-55-19-17-48/h4,8,10-11,13-14,20-22,27,30,32,36H,5-7,9,12,15-19,23-26H2,1-3H3,(H,46,47,50,51,52)/b8-4+/t27-,30-,32+,36-,42-,57-/m0/s1. The summed E-state index contributed by atoms with van der Waals surface area (Å²) in [6.07, 6.45) is 11.0. The van der Waals surface area contributed by atoms with Crippen molar-refractivity contribution in [2.45, 2.75) is 57.0 Å². The van der Waals surface area contributed by atoms with Crippen molar-refractivity contribution in [2.24, 2.45) is 22.1 Å². The van der Waals surface area contributed by atoms with Gasteiger partial charge in [-0.2, -0.15) is 4.98 Å². The van der Waals surface area contributed by atoms with Gasteiger partial charge >= 0.3 is 0 Å². The van der Waals surface area contributed by atoms with Crippen LogP contribution in [0.2, 0.25) is 5.02 Å². The fraction of sp³-hybridized carbons (Fsp3) is 0.524. The van der Waals surface area contributed by atoms with Crippen molar-refractivity contribution >= 4 is 45.0 Å². The van der Waals surface area contributed by atoms with Crippen molar-refractivity contribution < 1.29 is 32.7 Å². The maximum Gasteiger partial charge on any atom is 0.286 e. The maximum atomic E-state index is 14.8. The van der Waals surface area contributed by atoms with Gasteiger partial charge in [-0.3, -0.25) is 14.3 Å². The minimum Gasteiger partial charge on any atom is -0.490 e. The fourth-order valence-corrected chi connectivity index (χ4v) is 11.2. The lowest BCUT2D eigenvalue weighted by Gasteiger charge is -2.46. The summed E-state index contributed by atoms with van der Waals surface area (Å²) in [6.45, 7) is 6.12. The molecule has 1 N–H and O–H groups in total. The molecule has 5 aliphatic rings. The van der Waals surface area contributed by atoms with Gasteiger partial charge in [0.05, 0.1) is 44.5 Å². The summed E-state index contributed by atoms with van der Waals surface area (Å²) in [5, 5.41) is 0.729. The largest absolute Gasteiger partial charge is 0.490 e. The van der Waals surface area contributed by atoms with Gasteiger partial charge in [-0.25, -0.2) is 9.19 Å². The van der Waals surface area contributed by atoms with Crippen LogP contribution >= 0.6 is 11.6 Å². The second kappa shape index (κ2) is 16.6. The zero-order valence-electron chi connectivity index (χ0n) is 32.8. The minimum absolute atomic E-state index is 0.0177. The summed E-state index contributed by atoms with van der Waals surface area (Å²) >= 11 is 6.48. The van der Waals surface area contributed by atoms with Crippen molar-refractivity contribution in [1.29, 1.82) is 0 Å². The Bertz CT molecular complexity index is 2170.